The van der Waals surface area contributed by atoms with Crippen LogP contribution >= 0.6 is 11.3 Å². The van der Waals surface area contributed by atoms with Gasteiger partial charge in [0.25, 0.3) is 5.91 Å². The van der Waals surface area contributed by atoms with Gasteiger partial charge in [-0.3, -0.25) is 4.79 Å². The van der Waals surface area contributed by atoms with Gasteiger partial charge in [0.15, 0.2) is 0 Å². The summed E-state index contributed by atoms with van der Waals surface area (Å²) in [6.45, 7) is 5.40. The average molecular weight is 614 g/mol. The summed E-state index contributed by atoms with van der Waals surface area (Å²) in [7, 11) is 2.14. The molecule has 1 aromatic carbocycles. The van der Waals surface area contributed by atoms with Gasteiger partial charge in [-0.1, -0.05) is 18.2 Å². The number of hydrogen-bond donors (Lipinski definition) is 2. The molecule has 230 valence electrons. The number of piperazine rings is 1. The first-order chi connectivity index (χ1) is 21.5. The first kappa shape index (κ1) is 30.0. The number of carbonyl (C=O) groups is 2. The number of rotatable bonds is 9. The Hall–Kier alpha value is -4.09. The fourth-order valence-corrected chi connectivity index (χ4v) is 6.50. The van der Waals surface area contributed by atoms with Crippen molar-refractivity contribution in [1.29, 1.82) is 0 Å². The number of fused-ring (bicyclic) bond motifs is 1. The number of aromatic nitrogens is 3. The van der Waals surface area contributed by atoms with Gasteiger partial charge in [-0.15, -0.1) is 11.3 Å². The monoisotopic (exact) mass is 613 g/mol. The maximum absolute atomic E-state index is 13.5. The zero-order valence-corrected chi connectivity index (χ0v) is 25.9. The first-order valence-electron chi connectivity index (χ1n) is 15.4. The maximum Gasteiger partial charge on any atom is 0.407 e. The highest BCUT2D eigenvalue weighted by Gasteiger charge is 2.23. The molecule has 4 aromatic rings. The van der Waals surface area contributed by atoms with Crippen LogP contribution in [-0.4, -0.2) is 78.2 Å². The molecule has 0 radical (unpaired) electrons. The maximum atomic E-state index is 13.5. The van der Waals surface area contributed by atoms with Gasteiger partial charge in [0.1, 0.15) is 17.4 Å². The number of amides is 2. The number of benzene rings is 1. The molecule has 2 fully saturated rings. The summed E-state index contributed by atoms with van der Waals surface area (Å²) in [5, 5.41) is 9.58. The normalized spacial score (nSPS) is 19.1. The van der Waals surface area contributed by atoms with Gasteiger partial charge in [-0.2, -0.15) is 0 Å². The van der Waals surface area contributed by atoms with Crippen LogP contribution in [0.3, 0.4) is 0 Å². The molecule has 1 aliphatic heterocycles. The van der Waals surface area contributed by atoms with Crippen LogP contribution in [0.5, 0.6) is 0 Å². The third-order valence-corrected chi connectivity index (χ3v) is 9.45. The fourth-order valence-electron chi connectivity index (χ4n) is 5.97. The van der Waals surface area contributed by atoms with Crippen molar-refractivity contribution in [2.75, 3.05) is 51.2 Å². The Morgan fingerprint density at radius 2 is 1.70 bits per heavy atom. The molecule has 3 aromatic heterocycles. The largest absolute Gasteiger partial charge is 0.442 e. The Morgan fingerprint density at radius 1 is 0.955 bits per heavy atom. The number of thiazole rings is 1. The molecule has 1 saturated carbocycles. The zero-order valence-electron chi connectivity index (χ0n) is 25.1. The van der Waals surface area contributed by atoms with E-state index in [1.54, 1.807) is 6.20 Å². The minimum Gasteiger partial charge on any atom is -0.442 e. The van der Waals surface area contributed by atoms with E-state index in [1.165, 1.54) is 11.3 Å². The Bertz CT molecular complexity index is 1550. The van der Waals surface area contributed by atoms with Crippen LogP contribution in [0.1, 0.15) is 41.0 Å². The van der Waals surface area contributed by atoms with E-state index in [0.29, 0.717) is 30.5 Å². The minimum absolute atomic E-state index is 0.0846. The van der Waals surface area contributed by atoms with E-state index in [2.05, 4.69) is 38.5 Å². The highest BCUT2D eigenvalue weighted by molar-refractivity contribution is 7.09. The topological polar surface area (TPSA) is 113 Å². The molecule has 6 rings (SSSR count). The van der Waals surface area contributed by atoms with Crippen molar-refractivity contribution in [1.82, 2.24) is 30.5 Å². The summed E-state index contributed by atoms with van der Waals surface area (Å²) < 4.78 is 5.25. The van der Waals surface area contributed by atoms with Crippen molar-refractivity contribution in [3.63, 3.8) is 0 Å². The number of alkyl carbamates (subject to hydrolysis) is 1. The summed E-state index contributed by atoms with van der Waals surface area (Å²) >= 11 is 1.47. The lowest BCUT2D eigenvalue weighted by Gasteiger charge is -2.33. The van der Waals surface area contributed by atoms with Crippen LogP contribution in [-0.2, 0) is 11.3 Å². The molecule has 11 heteroatoms. The van der Waals surface area contributed by atoms with Gasteiger partial charge in [-0.05, 0) is 68.8 Å². The van der Waals surface area contributed by atoms with Gasteiger partial charge in [0, 0.05) is 68.0 Å². The lowest BCUT2D eigenvalue weighted by molar-refractivity contribution is 0.0942. The van der Waals surface area contributed by atoms with E-state index in [0.717, 1.165) is 84.8 Å². The van der Waals surface area contributed by atoms with Gasteiger partial charge in [0.05, 0.1) is 16.8 Å². The van der Waals surface area contributed by atoms with Crippen molar-refractivity contribution in [2.24, 2.45) is 11.8 Å². The average Bonchev–Trinajstić information content (AvgIpc) is 3.60. The predicted molar refractivity (Wildman–Crippen MR) is 173 cm³/mol. The Morgan fingerprint density at radius 3 is 2.41 bits per heavy atom. The lowest BCUT2D eigenvalue weighted by atomic mass is 9.82. The third kappa shape index (κ3) is 7.51. The Balaban J connectivity index is 1.03. The van der Waals surface area contributed by atoms with Crippen LogP contribution in [0.15, 0.2) is 60.2 Å². The van der Waals surface area contributed by atoms with Crippen molar-refractivity contribution in [3.05, 3.63) is 70.8 Å². The molecule has 0 atom stereocenters. The Labute approximate surface area is 261 Å². The van der Waals surface area contributed by atoms with Crippen LogP contribution in [0, 0.1) is 11.8 Å². The van der Waals surface area contributed by atoms with Gasteiger partial charge < -0.3 is 25.2 Å². The summed E-state index contributed by atoms with van der Waals surface area (Å²) in [5.74, 6) is 1.71. The van der Waals surface area contributed by atoms with E-state index in [-0.39, 0.29) is 12.5 Å². The standard InChI is InChI=1S/C33H39N7O3S/c1-39-13-15-40(16-14-39)30-11-10-25(21-35-30)29-18-27(26-4-2-3-5-28(26)38-29)32(41)36-19-23-6-8-24(9-7-23)20-37-33(42)43-22-31-34-12-17-44-31/h2-5,10-12,17-18,21,23-24H,6-9,13-16,19-20,22H2,1H3,(H,36,41)(H,37,42). The molecule has 0 unspecified atom stereocenters. The van der Waals surface area contributed by atoms with Crippen molar-refractivity contribution >= 4 is 40.1 Å². The zero-order chi connectivity index (χ0) is 30.3. The van der Waals surface area contributed by atoms with Gasteiger partial charge in [-0.25, -0.2) is 19.7 Å². The van der Waals surface area contributed by atoms with E-state index < -0.39 is 6.09 Å². The number of hydrogen-bond acceptors (Lipinski definition) is 9. The van der Waals surface area contributed by atoms with E-state index in [1.807, 2.05) is 48.0 Å². The van der Waals surface area contributed by atoms with Crippen LogP contribution in [0.4, 0.5) is 10.6 Å². The quantitative estimate of drug-likeness (QED) is 0.272. The molecule has 1 saturated heterocycles. The number of para-hydroxylation sites is 1. The number of likely N-dealkylation sites (N-methyl/N-ethyl adjacent to an activating group) is 1. The summed E-state index contributed by atoms with van der Waals surface area (Å²) in [6.07, 6.45) is 7.19. The predicted octanol–water partition coefficient (Wildman–Crippen LogP) is 4.97. The van der Waals surface area contributed by atoms with Crippen LogP contribution in [0.25, 0.3) is 22.2 Å². The van der Waals surface area contributed by atoms with E-state index in [4.69, 9.17) is 14.7 Å². The molecular weight excluding hydrogens is 574 g/mol. The smallest absolute Gasteiger partial charge is 0.407 e. The van der Waals surface area contributed by atoms with Crippen molar-refractivity contribution in [2.45, 2.75) is 32.3 Å². The molecule has 10 nitrogen and oxygen atoms in total. The minimum atomic E-state index is -0.403. The summed E-state index contributed by atoms with van der Waals surface area (Å²) in [4.78, 5) is 43.9. The first-order valence-corrected chi connectivity index (χ1v) is 16.3. The summed E-state index contributed by atoms with van der Waals surface area (Å²) in [5.41, 5.74) is 3.05. The van der Waals surface area contributed by atoms with Crippen LogP contribution < -0.4 is 15.5 Å². The second kappa shape index (κ2) is 14.1. The van der Waals surface area contributed by atoms with Crippen LogP contribution in [0.2, 0.25) is 0 Å². The van der Waals surface area contributed by atoms with Gasteiger partial charge >= 0.3 is 6.09 Å². The number of pyridine rings is 2. The third-order valence-electron chi connectivity index (χ3n) is 8.69. The highest BCUT2D eigenvalue weighted by atomic mass is 32.1. The number of ether oxygens (including phenoxy) is 1. The summed E-state index contributed by atoms with van der Waals surface area (Å²) in [6, 6.07) is 13.8. The number of nitrogens with zero attached hydrogens (tertiary/aromatic N) is 5. The Kier molecular flexibility index (Phi) is 9.62. The lowest BCUT2D eigenvalue weighted by Crippen LogP contribution is -2.44. The van der Waals surface area contributed by atoms with Crippen molar-refractivity contribution in [3.8, 4) is 11.3 Å². The number of carbonyl (C=O) groups excluding carboxylic acids is 2. The molecule has 2 N–H and O–H groups in total. The molecule has 0 bridgehead atoms. The second-order valence-electron chi connectivity index (χ2n) is 11.7. The van der Waals surface area contributed by atoms with E-state index >= 15 is 0 Å². The highest BCUT2D eigenvalue weighted by Crippen LogP contribution is 2.29. The fraction of sp³-hybridized carbons (Fsp3) is 0.424. The molecule has 2 amide bonds. The number of anilines is 1. The molecule has 4 heterocycles. The molecule has 2 aliphatic rings. The van der Waals surface area contributed by atoms with Crippen molar-refractivity contribution < 1.29 is 14.3 Å². The molecular formula is C33H39N7O3S. The molecule has 44 heavy (non-hydrogen) atoms. The SMILES string of the molecule is CN1CCN(c2ccc(-c3cc(C(=O)NCC4CCC(CNC(=O)OCc5nccs5)CC4)c4ccccc4n3)cn2)CC1. The molecule has 0 spiro atoms. The second-order valence-corrected chi connectivity index (χ2v) is 12.7. The van der Waals surface area contributed by atoms with Gasteiger partial charge in [0.2, 0.25) is 0 Å². The van der Waals surface area contributed by atoms with E-state index in [9.17, 15) is 9.59 Å². The number of nitrogens with one attached hydrogen (secondary N) is 2. The molecule has 1 aliphatic carbocycles.